The molecule has 0 aliphatic carbocycles. The van der Waals surface area contributed by atoms with Crippen molar-refractivity contribution in [1.82, 2.24) is 15.2 Å². The normalized spacial score (nSPS) is 26.7. The molecule has 0 bridgehead atoms. The van der Waals surface area contributed by atoms with E-state index in [4.69, 9.17) is 4.98 Å². The number of fused-ring (bicyclic) bond motifs is 1. The fourth-order valence-corrected chi connectivity index (χ4v) is 4.81. The molecular formula is C11H17N3S2. The molecule has 1 aromatic rings. The van der Waals surface area contributed by atoms with E-state index in [1.807, 2.05) is 11.3 Å². The second kappa shape index (κ2) is 4.64. The second-order valence-electron chi connectivity index (χ2n) is 4.42. The molecule has 3 rings (SSSR count). The van der Waals surface area contributed by atoms with E-state index in [1.54, 1.807) is 0 Å². The molecule has 5 heteroatoms. The first-order chi connectivity index (χ1) is 7.84. The van der Waals surface area contributed by atoms with Crippen LogP contribution in [-0.2, 0) is 13.0 Å². The predicted octanol–water partition coefficient (Wildman–Crippen LogP) is 1.51. The van der Waals surface area contributed by atoms with Gasteiger partial charge in [0.15, 0.2) is 0 Å². The molecule has 1 fully saturated rings. The summed E-state index contributed by atoms with van der Waals surface area (Å²) in [7, 11) is 2.23. The summed E-state index contributed by atoms with van der Waals surface area (Å²) < 4.78 is 0. The Morgan fingerprint density at radius 3 is 3.25 bits per heavy atom. The van der Waals surface area contributed by atoms with Gasteiger partial charge >= 0.3 is 0 Å². The van der Waals surface area contributed by atoms with Crippen LogP contribution in [0.4, 0.5) is 0 Å². The van der Waals surface area contributed by atoms with Gasteiger partial charge in [-0.3, -0.25) is 4.90 Å². The molecule has 1 unspecified atom stereocenters. The van der Waals surface area contributed by atoms with Gasteiger partial charge in [0.25, 0.3) is 0 Å². The van der Waals surface area contributed by atoms with Crippen molar-refractivity contribution in [2.75, 3.05) is 31.6 Å². The summed E-state index contributed by atoms with van der Waals surface area (Å²) in [5.41, 5.74) is 1.35. The van der Waals surface area contributed by atoms with Gasteiger partial charge < -0.3 is 5.32 Å². The van der Waals surface area contributed by atoms with Crippen LogP contribution in [0.2, 0.25) is 0 Å². The van der Waals surface area contributed by atoms with Crippen LogP contribution in [0, 0.1) is 0 Å². The first kappa shape index (κ1) is 11.0. The first-order valence-electron chi connectivity index (χ1n) is 5.82. The molecule has 3 nitrogen and oxygen atoms in total. The number of thioether (sulfide) groups is 1. The molecule has 1 aromatic heterocycles. The lowest BCUT2D eigenvalue weighted by Crippen LogP contribution is -2.32. The molecule has 1 saturated heterocycles. The summed E-state index contributed by atoms with van der Waals surface area (Å²) >= 11 is 3.97. The standard InChI is InChI=1S/C11H17N3S2/c1-14-4-5-15-7-9(14)11-13-8-2-3-12-6-10(8)16-11/h9,12H,2-7H2,1H3. The summed E-state index contributed by atoms with van der Waals surface area (Å²) in [6.45, 7) is 3.31. The maximum atomic E-state index is 4.85. The molecule has 0 radical (unpaired) electrons. The molecule has 1 N–H and O–H groups in total. The van der Waals surface area contributed by atoms with Gasteiger partial charge in [-0.25, -0.2) is 4.98 Å². The van der Waals surface area contributed by atoms with Crippen LogP contribution in [0.1, 0.15) is 21.6 Å². The van der Waals surface area contributed by atoms with Crippen LogP contribution in [-0.4, -0.2) is 41.5 Å². The lowest BCUT2D eigenvalue weighted by atomic mass is 10.2. The van der Waals surface area contributed by atoms with Gasteiger partial charge in [-0.05, 0) is 7.05 Å². The Balaban J connectivity index is 1.85. The summed E-state index contributed by atoms with van der Waals surface area (Å²) in [6.07, 6.45) is 1.11. The van der Waals surface area contributed by atoms with Crippen molar-refractivity contribution in [1.29, 1.82) is 0 Å². The van der Waals surface area contributed by atoms with E-state index in [0.29, 0.717) is 6.04 Å². The van der Waals surface area contributed by atoms with Crippen LogP contribution in [0.3, 0.4) is 0 Å². The summed E-state index contributed by atoms with van der Waals surface area (Å²) in [4.78, 5) is 8.76. The zero-order valence-electron chi connectivity index (χ0n) is 9.53. The SMILES string of the molecule is CN1CCSCC1c1nc2c(s1)CNCC2. The highest BCUT2D eigenvalue weighted by molar-refractivity contribution is 7.99. The Morgan fingerprint density at radius 2 is 2.44 bits per heavy atom. The maximum Gasteiger partial charge on any atom is 0.111 e. The largest absolute Gasteiger partial charge is 0.311 e. The highest BCUT2D eigenvalue weighted by Gasteiger charge is 2.26. The van der Waals surface area contributed by atoms with E-state index in [2.05, 4.69) is 29.0 Å². The summed E-state index contributed by atoms with van der Waals surface area (Å²) in [5, 5.41) is 4.76. The Labute approximate surface area is 105 Å². The summed E-state index contributed by atoms with van der Waals surface area (Å²) in [5.74, 6) is 2.47. The lowest BCUT2D eigenvalue weighted by molar-refractivity contribution is 0.274. The van der Waals surface area contributed by atoms with Crippen LogP contribution in [0.5, 0.6) is 0 Å². The lowest BCUT2D eigenvalue weighted by Gasteiger charge is -2.30. The molecule has 0 amide bonds. The van der Waals surface area contributed by atoms with E-state index in [9.17, 15) is 0 Å². The predicted molar refractivity (Wildman–Crippen MR) is 70.2 cm³/mol. The van der Waals surface area contributed by atoms with Crippen molar-refractivity contribution in [3.8, 4) is 0 Å². The number of nitrogens with one attached hydrogen (secondary N) is 1. The van der Waals surface area contributed by atoms with E-state index < -0.39 is 0 Å². The van der Waals surface area contributed by atoms with Crippen LogP contribution in [0.15, 0.2) is 0 Å². The average molecular weight is 255 g/mol. The van der Waals surface area contributed by atoms with Crippen molar-refractivity contribution in [3.05, 3.63) is 15.6 Å². The minimum Gasteiger partial charge on any atom is -0.311 e. The van der Waals surface area contributed by atoms with Crippen molar-refractivity contribution < 1.29 is 0 Å². The van der Waals surface area contributed by atoms with E-state index in [0.717, 1.165) is 19.5 Å². The number of aromatic nitrogens is 1. The van der Waals surface area contributed by atoms with Crippen molar-refractivity contribution in [2.24, 2.45) is 0 Å². The highest BCUT2D eigenvalue weighted by Crippen LogP contribution is 2.33. The first-order valence-corrected chi connectivity index (χ1v) is 7.79. The van der Waals surface area contributed by atoms with Gasteiger partial charge in [0.2, 0.25) is 0 Å². The quantitative estimate of drug-likeness (QED) is 0.823. The molecule has 0 aromatic carbocycles. The Kier molecular flexibility index (Phi) is 3.20. The number of hydrogen-bond acceptors (Lipinski definition) is 5. The molecule has 88 valence electrons. The number of thiazole rings is 1. The van der Waals surface area contributed by atoms with Crippen LogP contribution >= 0.6 is 23.1 Å². The van der Waals surface area contributed by atoms with Gasteiger partial charge in [0, 0.05) is 42.4 Å². The minimum absolute atomic E-state index is 0.550. The zero-order chi connectivity index (χ0) is 11.0. The zero-order valence-corrected chi connectivity index (χ0v) is 11.2. The van der Waals surface area contributed by atoms with Gasteiger partial charge in [-0.1, -0.05) is 0 Å². The molecule has 2 aliphatic heterocycles. The molecule has 2 aliphatic rings. The Bertz CT molecular complexity index is 354. The van der Waals surface area contributed by atoms with Crippen molar-refractivity contribution >= 4 is 23.1 Å². The smallest absolute Gasteiger partial charge is 0.111 e. The van der Waals surface area contributed by atoms with Crippen molar-refractivity contribution in [3.63, 3.8) is 0 Å². The third-order valence-corrected chi connectivity index (χ3v) is 5.52. The average Bonchev–Trinajstić information content (AvgIpc) is 2.73. The third kappa shape index (κ3) is 2.01. The number of nitrogens with zero attached hydrogens (tertiary/aromatic N) is 2. The second-order valence-corrected chi connectivity index (χ2v) is 6.69. The van der Waals surface area contributed by atoms with E-state index in [-0.39, 0.29) is 0 Å². The monoisotopic (exact) mass is 255 g/mol. The van der Waals surface area contributed by atoms with E-state index >= 15 is 0 Å². The molecule has 0 saturated carbocycles. The van der Waals surface area contributed by atoms with Crippen LogP contribution < -0.4 is 5.32 Å². The number of hydrogen-bond donors (Lipinski definition) is 1. The van der Waals surface area contributed by atoms with Gasteiger partial charge in [0.05, 0.1) is 11.7 Å². The van der Waals surface area contributed by atoms with Gasteiger partial charge in [0.1, 0.15) is 5.01 Å². The highest BCUT2D eigenvalue weighted by atomic mass is 32.2. The Morgan fingerprint density at radius 1 is 1.50 bits per heavy atom. The molecule has 3 heterocycles. The van der Waals surface area contributed by atoms with E-state index in [1.165, 1.54) is 33.6 Å². The topological polar surface area (TPSA) is 28.2 Å². The Hall–Kier alpha value is -0.100. The van der Waals surface area contributed by atoms with Crippen molar-refractivity contribution in [2.45, 2.75) is 19.0 Å². The molecule has 16 heavy (non-hydrogen) atoms. The molecule has 1 atom stereocenters. The molecular weight excluding hydrogens is 238 g/mol. The third-order valence-electron chi connectivity index (χ3n) is 3.30. The minimum atomic E-state index is 0.550. The van der Waals surface area contributed by atoms with Crippen LogP contribution in [0.25, 0.3) is 0 Å². The molecule has 0 spiro atoms. The summed E-state index contributed by atoms with van der Waals surface area (Å²) in [6, 6.07) is 0.550. The number of rotatable bonds is 1. The van der Waals surface area contributed by atoms with Gasteiger partial charge in [-0.15, -0.1) is 11.3 Å². The maximum absolute atomic E-state index is 4.85. The van der Waals surface area contributed by atoms with Gasteiger partial charge in [-0.2, -0.15) is 11.8 Å². The fourth-order valence-electron chi connectivity index (χ4n) is 2.23. The fraction of sp³-hybridized carbons (Fsp3) is 0.727.